The second-order valence-electron chi connectivity index (χ2n) is 7.40. The first-order chi connectivity index (χ1) is 14.2. The van der Waals surface area contributed by atoms with Gasteiger partial charge in [-0.15, -0.1) is 0 Å². The zero-order valence-electron chi connectivity index (χ0n) is 16.6. The molecule has 0 bridgehead atoms. The van der Waals surface area contributed by atoms with Gasteiger partial charge in [-0.1, -0.05) is 6.07 Å². The third-order valence-corrected chi connectivity index (χ3v) is 5.32. The first kappa shape index (κ1) is 19.4. The molecule has 0 aliphatic carbocycles. The van der Waals surface area contributed by atoms with Gasteiger partial charge in [-0.3, -0.25) is 0 Å². The molecule has 1 aromatic carbocycles. The molecule has 152 valence electrons. The molecule has 4 N–H and O–H groups in total. The first-order valence-corrected chi connectivity index (χ1v) is 9.82. The molecule has 2 aliphatic heterocycles. The highest BCUT2D eigenvalue weighted by molar-refractivity contribution is 5.55. The zero-order valence-corrected chi connectivity index (χ0v) is 16.6. The summed E-state index contributed by atoms with van der Waals surface area (Å²) in [6.45, 7) is 5.18. The monoisotopic (exact) mass is 394 g/mol. The van der Waals surface area contributed by atoms with Crippen LogP contribution in [-0.4, -0.2) is 48.9 Å². The first-order valence-electron chi connectivity index (χ1n) is 9.82. The number of hydrazine groups is 1. The van der Waals surface area contributed by atoms with Crippen LogP contribution in [0.3, 0.4) is 0 Å². The molecule has 29 heavy (non-hydrogen) atoms. The van der Waals surface area contributed by atoms with Crippen LogP contribution < -0.4 is 31.1 Å². The molecule has 0 spiro atoms. The van der Waals surface area contributed by atoms with Crippen molar-refractivity contribution in [3.05, 3.63) is 41.9 Å². The normalized spacial score (nSPS) is 24.2. The van der Waals surface area contributed by atoms with E-state index in [2.05, 4.69) is 61.5 Å². The van der Waals surface area contributed by atoms with E-state index >= 15 is 0 Å². The van der Waals surface area contributed by atoms with E-state index in [-0.39, 0.29) is 12.2 Å². The summed E-state index contributed by atoms with van der Waals surface area (Å²) in [5.74, 6) is 1.51. The number of aromatic nitrogens is 2. The minimum atomic E-state index is -0.0133. The maximum absolute atomic E-state index is 8.83. The number of nitrogens with zero attached hydrogens (tertiary/aromatic N) is 4. The van der Waals surface area contributed by atoms with Crippen molar-refractivity contribution in [2.75, 3.05) is 37.0 Å². The van der Waals surface area contributed by atoms with Crippen LogP contribution >= 0.6 is 0 Å². The smallest absolute Gasteiger partial charge is 0.158 e. The molecule has 4 rings (SSSR count). The predicted octanol–water partition coefficient (Wildman–Crippen LogP) is 1.13. The lowest BCUT2D eigenvalue weighted by molar-refractivity contribution is 0.401. The van der Waals surface area contributed by atoms with Gasteiger partial charge >= 0.3 is 0 Å². The molecule has 3 heterocycles. The number of nitrogens with one attached hydrogen (secondary N) is 4. The van der Waals surface area contributed by atoms with Gasteiger partial charge in [-0.25, -0.2) is 20.8 Å². The Morgan fingerprint density at radius 2 is 2.17 bits per heavy atom. The van der Waals surface area contributed by atoms with E-state index < -0.39 is 0 Å². The molecule has 0 radical (unpaired) electrons. The lowest BCUT2D eigenvalue weighted by atomic mass is 10.0. The number of anilines is 2. The molecule has 2 saturated heterocycles. The summed E-state index contributed by atoms with van der Waals surface area (Å²) in [6.07, 6.45) is 3.82. The number of benzene rings is 1. The van der Waals surface area contributed by atoms with Crippen molar-refractivity contribution in [3.63, 3.8) is 0 Å². The Morgan fingerprint density at radius 1 is 1.28 bits per heavy atom. The Bertz CT molecular complexity index is 881. The molecule has 9 heteroatoms. The highest BCUT2D eigenvalue weighted by Gasteiger charge is 2.28. The van der Waals surface area contributed by atoms with Gasteiger partial charge in [0, 0.05) is 49.4 Å². The van der Waals surface area contributed by atoms with Gasteiger partial charge in [0.05, 0.1) is 31.7 Å². The van der Waals surface area contributed by atoms with Crippen LogP contribution in [0.4, 0.5) is 11.5 Å². The second kappa shape index (κ2) is 8.61. The van der Waals surface area contributed by atoms with Crippen molar-refractivity contribution >= 4 is 11.5 Å². The fraction of sp³-hybridized carbons (Fsp3) is 0.450. The quantitative estimate of drug-likeness (QED) is 0.593. The highest BCUT2D eigenvalue weighted by Crippen LogP contribution is 2.34. The lowest BCUT2D eigenvalue weighted by Gasteiger charge is -2.34. The Hall–Kier alpha value is -2.93. The van der Waals surface area contributed by atoms with E-state index in [0.29, 0.717) is 17.6 Å². The van der Waals surface area contributed by atoms with Crippen molar-refractivity contribution < 1.29 is 4.74 Å². The van der Waals surface area contributed by atoms with Crippen LogP contribution in [0.15, 0.2) is 30.6 Å². The minimum absolute atomic E-state index is 0.0133. The van der Waals surface area contributed by atoms with Crippen LogP contribution in [0.25, 0.3) is 0 Å². The molecule has 0 amide bonds. The van der Waals surface area contributed by atoms with Crippen molar-refractivity contribution in [1.29, 1.82) is 5.26 Å². The van der Waals surface area contributed by atoms with Crippen LogP contribution in [0.2, 0.25) is 0 Å². The third-order valence-electron chi connectivity index (χ3n) is 5.32. The van der Waals surface area contributed by atoms with Gasteiger partial charge in [0.1, 0.15) is 17.6 Å². The molecular formula is C20H26N8O. The second-order valence-corrected chi connectivity index (χ2v) is 7.40. The number of rotatable bonds is 5. The summed E-state index contributed by atoms with van der Waals surface area (Å²) >= 11 is 0. The number of piperazine rings is 1. The summed E-state index contributed by atoms with van der Waals surface area (Å²) in [4.78, 5) is 10.6. The van der Waals surface area contributed by atoms with E-state index in [1.165, 1.54) is 11.9 Å². The van der Waals surface area contributed by atoms with Gasteiger partial charge in [0.15, 0.2) is 5.69 Å². The maximum Gasteiger partial charge on any atom is 0.158 e. The van der Waals surface area contributed by atoms with E-state index in [0.717, 1.165) is 37.4 Å². The Balaban J connectivity index is 1.43. The molecule has 0 saturated carbocycles. The average molecular weight is 394 g/mol. The lowest BCUT2D eigenvalue weighted by Crippen LogP contribution is -2.49. The number of hydrogen-bond donors (Lipinski definition) is 4. The van der Waals surface area contributed by atoms with E-state index in [1.807, 2.05) is 6.07 Å². The summed E-state index contributed by atoms with van der Waals surface area (Å²) < 4.78 is 5.71. The fourth-order valence-corrected chi connectivity index (χ4v) is 3.84. The molecular weight excluding hydrogens is 368 g/mol. The molecule has 2 fully saturated rings. The van der Waals surface area contributed by atoms with Gasteiger partial charge in [0.25, 0.3) is 0 Å². The molecule has 9 nitrogen and oxygen atoms in total. The Morgan fingerprint density at radius 3 is 2.90 bits per heavy atom. The number of hydrogen-bond acceptors (Lipinski definition) is 9. The van der Waals surface area contributed by atoms with Crippen LogP contribution in [0, 0.1) is 11.3 Å². The van der Waals surface area contributed by atoms with Gasteiger partial charge < -0.3 is 20.3 Å². The molecule has 2 aromatic rings. The topological polar surface area (TPSA) is 110 Å². The van der Waals surface area contributed by atoms with Crippen LogP contribution in [-0.2, 0) is 0 Å². The van der Waals surface area contributed by atoms with Crippen molar-refractivity contribution in [3.8, 4) is 11.8 Å². The van der Waals surface area contributed by atoms with E-state index in [4.69, 9.17) is 10.00 Å². The van der Waals surface area contributed by atoms with E-state index in [9.17, 15) is 0 Å². The van der Waals surface area contributed by atoms with Gasteiger partial charge in [0.2, 0.25) is 0 Å². The molecule has 3 atom stereocenters. The summed E-state index contributed by atoms with van der Waals surface area (Å²) in [5, 5.41) is 15.6. The SMILES string of the molecule is COc1cc(N2CCN[C@H](C)C2)ccc1C1CC(Nc2cnc(C#N)cn2)NN1. The number of nitriles is 1. The Labute approximate surface area is 170 Å². The third kappa shape index (κ3) is 4.40. The van der Waals surface area contributed by atoms with E-state index in [1.54, 1.807) is 13.3 Å². The zero-order chi connectivity index (χ0) is 20.2. The maximum atomic E-state index is 8.83. The molecule has 2 aliphatic rings. The fourth-order valence-electron chi connectivity index (χ4n) is 3.84. The number of ether oxygens (including phenoxy) is 1. The predicted molar refractivity (Wildman–Crippen MR) is 110 cm³/mol. The summed E-state index contributed by atoms with van der Waals surface area (Å²) in [6, 6.07) is 8.99. The number of methoxy groups -OCH3 is 1. The standard InChI is InChI=1S/C20H26N8O/c1-13-12-28(6-5-22-13)15-3-4-16(18(7-15)29-2)17-8-19(27-26-17)25-20-11-23-14(9-21)10-24-20/h3-4,7,10-11,13,17,19,22,26-27H,5-6,8,12H2,1-2H3,(H,24,25)/t13-,17?,19?/m1/s1. The molecule has 2 unspecified atom stereocenters. The van der Waals surface area contributed by atoms with Gasteiger partial charge in [-0.2, -0.15) is 5.26 Å². The van der Waals surface area contributed by atoms with Crippen LogP contribution in [0.5, 0.6) is 5.75 Å². The molecule has 1 aromatic heterocycles. The Kier molecular flexibility index (Phi) is 5.76. The largest absolute Gasteiger partial charge is 0.496 e. The summed E-state index contributed by atoms with van der Waals surface area (Å²) in [7, 11) is 1.72. The van der Waals surface area contributed by atoms with Crippen molar-refractivity contribution in [1.82, 2.24) is 26.1 Å². The van der Waals surface area contributed by atoms with Crippen molar-refractivity contribution in [2.45, 2.75) is 31.6 Å². The average Bonchev–Trinajstić information content (AvgIpc) is 3.22. The van der Waals surface area contributed by atoms with Crippen molar-refractivity contribution in [2.24, 2.45) is 0 Å². The minimum Gasteiger partial charge on any atom is -0.496 e. The highest BCUT2D eigenvalue weighted by atomic mass is 16.5. The van der Waals surface area contributed by atoms with Crippen LogP contribution in [0.1, 0.15) is 30.6 Å². The summed E-state index contributed by atoms with van der Waals surface area (Å²) in [5.41, 5.74) is 9.18. The van der Waals surface area contributed by atoms with Gasteiger partial charge in [-0.05, 0) is 13.0 Å².